The van der Waals surface area contributed by atoms with E-state index in [9.17, 15) is 4.79 Å². The topological polar surface area (TPSA) is 17.1 Å². The van der Waals surface area contributed by atoms with Gasteiger partial charge in [0.25, 0.3) is 0 Å². The Balaban J connectivity index is 0. The van der Waals surface area contributed by atoms with Gasteiger partial charge in [-0.05, 0) is 49.5 Å². The second-order valence-corrected chi connectivity index (χ2v) is 5.32. The van der Waals surface area contributed by atoms with Crippen LogP contribution in [0, 0.1) is 0 Å². The molecule has 0 heterocycles. The van der Waals surface area contributed by atoms with Gasteiger partial charge < -0.3 is 0 Å². The molecule has 1 aromatic carbocycles. The average molecular weight is 381 g/mol. The Kier molecular flexibility index (Phi) is 19.2. The maximum absolute atomic E-state index is 12.6. The van der Waals surface area contributed by atoms with Crippen LogP contribution in [0.2, 0.25) is 0 Å². The third-order valence-corrected chi connectivity index (χ3v) is 3.71. The summed E-state index contributed by atoms with van der Waals surface area (Å²) in [5.41, 5.74) is 3.94. The molecule has 0 spiro atoms. The Morgan fingerprint density at radius 1 is 0.929 bits per heavy atom. The molecule has 0 amide bonds. The molecule has 2 rings (SSSR count). The van der Waals surface area contributed by atoms with Gasteiger partial charge in [-0.3, -0.25) is 4.79 Å². The van der Waals surface area contributed by atoms with Gasteiger partial charge in [-0.1, -0.05) is 103 Å². The first-order chi connectivity index (χ1) is 13.7. The first-order valence-corrected chi connectivity index (χ1v) is 10.7. The first kappa shape index (κ1) is 27.8. The van der Waals surface area contributed by atoms with Crippen molar-refractivity contribution >= 4 is 11.9 Å². The molecule has 1 heteroatoms. The van der Waals surface area contributed by atoms with Crippen molar-refractivity contribution in [2.45, 2.75) is 67.7 Å². The summed E-state index contributed by atoms with van der Waals surface area (Å²) in [5, 5.41) is 0. The standard InChI is InChI=1S/C21H22O.3C2H6/c1-3-5-10-17(4-2)15-19-13-9-14-20(21(19)22)16-18-11-7-6-8-12-18;3*1-2/h3-8,10-12,15-16H,1,9,13-14H2,2H3;3*1-2H3/b10-5-,17-4+,19-15+,20-16+;;;. The highest BCUT2D eigenvalue weighted by Gasteiger charge is 2.20. The van der Waals surface area contributed by atoms with Gasteiger partial charge in [0.05, 0.1) is 0 Å². The van der Waals surface area contributed by atoms with Crippen molar-refractivity contribution in [2.75, 3.05) is 0 Å². The van der Waals surface area contributed by atoms with E-state index >= 15 is 0 Å². The van der Waals surface area contributed by atoms with Crippen molar-refractivity contribution in [3.8, 4) is 0 Å². The molecule has 1 fully saturated rings. The molecule has 0 atom stereocenters. The van der Waals surface area contributed by atoms with Crippen LogP contribution in [-0.2, 0) is 4.79 Å². The fourth-order valence-corrected chi connectivity index (χ4v) is 2.54. The highest BCUT2D eigenvalue weighted by atomic mass is 16.1. The Bertz CT molecular complexity index is 655. The number of Topliss-reactive ketones (excluding diaryl/α,β-unsaturated/α-hetero) is 1. The van der Waals surface area contributed by atoms with E-state index in [1.165, 1.54) is 0 Å². The zero-order valence-corrected chi connectivity index (χ0v) is 19.1. The Hall–Kier alpha value is -2.41. The molecule has 1 saturated carbocycles. The molecule has 0 saturated heterocycles. The summed E-state index contributed by atoms with van der Waals surface area (Å²) < 4.78 is 0. The molecule has 0 aliphatic heterocycles. The number of benzene rings is 1. The summed E-state index contributed by atoms with van der Waals surface area (Å²) in [5.74, 6) is 0.182. The monoisotopic (exact) mass is 380 g/mol. The molecule has 154 valence electrons. The molecule has 1 nitrogen and oxygen atoms in total. The Labute approximate surface area is 174 Å². The molecule has 1 aromatic rings. The van der Waals surface area contributed by atoms with Crippen LogP contribution in [0.5, 0.6) is 0 Å². The molecule has 0 N–H and O–H groups in total. The van der Waals surface area contributed by atoms with Gasteiger partial charge in [0, 0.05) is 11.1 Å². The first-order valence-electron chi connectivity index (χ1n) is 10.7. The molecule has 28 heavy (non-hydrogen) atoms. The van der Waals surface area contributed by atoms with E-state index < -0.39 is 0 Å². The number of carbonyl (C=O) groups is 1. The molecule has 1 aliphatic rings. The van der Waals surface area contributed by atoms with Gasteiger partial charge >= 0.3 is 0 Å². The second-order valence-electron chi connectivity index (χ2n) is 5.32. The van der Waals surface area contributed by atoms with Gasteiger partial charge in [-0.2, -0.15) is 0 Å². The van der Waals surface area contributed by atoms with Crippen molar-refractivity contribution in [3.63, 3.8) is 0 Å². The number of allylic oxidation sites excluding steroid dienone is 8. The summed E-state index contributed by atoms with van der Waals surface area (Å²) in [6, 6.07) is 10.0. The summed E-state index contributed by atoms with van der Waals surface area (Å²) in [4.78, 5) is 12.6. The number of hydrogen-bond acceptors (Lipinski definition) is 1. The van der Waals surface area contributed by atoms with Gasteiger partial charge in [-0.25, -0.2) is 0 Å². The van der Waals surface area contributed by atoms with Crippen molar-refractivity contribution in [2.24, 2.45) is 0 Å². The van der Waals surface area contributed by atoms with E-state index in [0.717, 1.165) is 41.5 Å². The third-order valence-electron chi connectivity index (χ3n) is 3.71. The van der Waals surface area contributed by atoms with Crippen LogP contribution >= 0.6 is 0 Å². The SMILES string of the molecule is C=C\C=C/C(=C\C)/C=C1\CCC/C(=C\c2ccccc2)C1=O.CC.CC.CC. The number of carbonyl (C=O) groups excluding carboxylic acids is 1. The molecule has 0 unspecified atom stereocenters. The van der Waals surface area contributed by atoms with Gasteiger partial charge in [0.15, 0.2) is 5.78 Å². The Morgan fingerprint density at radius 3 is 2.04 bits per heavy atom. The van der Waals surface area contributed by atoms with Crippen LogP contribution in [0.3, 0.4) is 0 Å². The second kappa shape index (κ2) is 19.4. The van der Waals surface area contributed by atoms with Crippen molar-refractivity contribution < 1.29 is 4.79 Å². The maximum atomic E-state index is 12.6. The van der Waals surface area contributed by atoms with E-state index in [1.54, 1.807) is 6.08 Å². The maximum Gasteiger partial charge on any atom is 0.185 e. The largest absolute Gasteiger partial charge is 0.289 e. The lowest BCUT2D eigenvalue weighted by atomic mass is 9.86. The minimum atomic E-state index is 0.182. The molecular weight excluding hydrogens is 340 g/mol. The number of hydrogen-bond donors (Lipinski definition) is 0. The third kappa shape index (κ3) is 10.7. The predicted octanol–water partition coefficient (Wildman–Crippen LogP) is 8.52. The van der Waals surface area contributed by atoms with Gasteiger partial charge in [0.2, 0.25) is 0 Å². The average Bonchev–Trinajstić information content (AvgIpc) is 2.78. The van der Waals surface area contributed by atoms with Crippen molar-refractivity contribution in [1.82, 2.24) is 0 Å². The van der Waals surface area contributed by atoms with Crippen LogP contribution in [0.25, 0.3) is 6.08 Å². The summed E-state index contributed by atoms with van der Waals surface area (Å²) in [6.45, 7) is 17.7. The molecular formula is C27H40O. The molecule has 0 radical (unpaired) electrons. The zero-order valence-electron chi connectivity index (χ0n) is 19.1. The smallest absolute Gasteiger partial charge is 0.185 e. The van der Waals surface area contributed by atoms with Crippen molar-refractivity contribution in [3.05, 3.63) is 89.6 Å². The quantitative estimate of drug-likeness (QED) is 0.378. The minimum absolute atomic E-state index is 0.182. The van der Waals surface area contributed by atoms with E-state index in [1.807, 2.05) is 109 Å². The lowest BCUT2D eigenvalue weighted by Gasteiger charge is -2.16. The van der Waals surface area contributed by atoms with Crippen LogP contribution in [0.15, 0.2) is 84.0 Å². The molecule has 0 bridgehead atoms. The van der Waals surface area contributed by atoms with E-state index in [4.69, 9.17) is 0 Å². The number of ketones is 1. The summed E-state index contributed by atoms with van der Waals surface area (Å²) >= 11 is 0. The van der Waals surface area contributed by atoms with Crippen molar-refractivity contribution in [1.29, 1.82) is 0 Å². The van der Waals surface area contributed by atoms with Crippen LogP contribution in [0.4, 0.5) is 0 Å². The molecule has 0 aromatic heterocycles. The lowest BCUT2D eigenvalue weighted by Crippen LogP contribution is -2.12. The minimum Gasteiger partial charge on any atom is -0.289 e. The van der Waals surface area contributed by atoms with E-state index in [0.29, 0.717) is 0 Å². The lowest BCUT2D eigenvalue weighted by molar-refractivity contribution is -0.112. The molecule has 1 aliphatic carbocycles. The van der Waals surface area contributed by atoms with E-state index in [2.05, 4.69) is 6.58 Å². The van der Waals surface area contributed by atoms with Crippen LogP contribution in [0.1, 0.15) is 73.3 Å². The van der Waals surface area contributed by atoms with E-state index in [-0.39, 0.29) is 5.78 Å². The van der Waals surface area contributed by atoms with Crippen LogP contribution in [-0.4, -0.2) is 5.78 Å². The highest BCUT2D eigenvalue weighted by Crippen LogP contribution is 2.27. The fourth-order valence-electron chi connectivity index (χ4n) is 2.54. The Morgan fingerprint density at radius 2 is 1.50 bits per heavy atom. The zero-order chi connectivity index (χ0) is 21.8. The highest BCUT2D eigenvalue weighted by molar-refractivity contribution is 6.11. The summed E-state index contributed by atoms with van der Waals surface area (Å²) in [6.07, 6.45) is 14.4. The van der Waals surface area contributed by atoms with Crippen LogP contribution < -0.4 is 0 Å². The van der Waals surface area contributed by atoms with Gasteiger partial charge in [-0.15, -0.1) is 0 Å². The van der Waals surface area contributed by atoms with Gasteiger partial charge in [0.1, 0.15) is 0 Å². The predicted molar refractivity (Wildman–Crippen MR) is 128 cm³/mol. The normalized spacial score (nSPS) is 16.4. The fraction of sp³-hybridized carbons (Fsp3) is 0.370. The number of rotatable bonds is 4. The summed E-state index contributed by atoms with van der Waals surface area (Å²) in [7, 11) is 0.